The van der Waals surface area contributed by atoms with E-state index in [-0.39, 0.29) is 11.7 Å². The first-order valence-electron chi connectivity index (χ1n) is 6.22. The van der Waals surface area contributed by atoms with Crippen LogP contribution in [0.5, 0.6) is 5.75 Å². The zero-order chi connectivity index (χ0) is 13.1. The van der Waals surface area contributed by atoms with Crippen molar-refractivity contribution in [3.8, 4) is 5.75 Å². The van der Waals surface area contributed by atoms with Gasteiger partial charge < -0.3 is 10.1 Å². The Hall–Kier alpha value is -1.06. The Morgan fingerprint density at radius 2 is 2.28 bits per heavy atom. The second-order valence-corrected chi connectivity index (χ2v) is 5.12. The van der Waals surface area contributed by atoms with Crippen molar-refractivity contribution in [1.82, 2.24) is 5.32 Å². The number of piperidine rings is 1. The van der Waals surface area contributed by atoms with E-state index in [1.807, 2.05) is 13.0 Å². The Kier molecular flexibility index (Phi) is 4.25. The predicted octanol–water partition coefficient (Wildman–Crippen LogP) is 2.84. The van der Waals surface area contributed by atoms with E-state index in [9.17, 15) is 4.79 Å². The highest BCUT2D eigenvalue weighted by atomic mass is 35.5. The summed E-state index contributed by atoms with van der Waals surface area (Å²) in [5.41, 5.74) is 1.52. The molecule has 0 aromatic heterocycles. The molecule has 0 bridgehead atoms. The minimum atomic E-state index is 0.0337. The number of ether oxygens (including phenoxy) is 1. The van der Waals surface area contributed by atoms with Gasteiger partial charge in [-0.1, -0.05) is 11.6 Å². The molecule has 1 aromatic carbocycles. The number of halogens is 1. The molecular weight excluding hydrogens is 250 g/mol. The zero-order valence-electron chi connectivity index (χ0n) is 10.8. The van der Waals surface area contributed by atoms with E-state index in [0.29, 0.717) is 16.3 Å². The number of hydrogen-bond donors (Lipinski definition) is 1. The Balaban J connectivity index is 2.31. The summed E-state index contributed by atoms with van der Waals surface area (Å²) in [4.78, 5) is 12.5. The van der Waals surface area contributed by atoms with Crippen LogP contribution in [0.1, 0.15) is 28.8 Å². The smallest absolute Gasteiger partial charge is 0.170 e. The van der Waals surface area contributed by atoms with E-state index in [2.05, 4.69) is 5.32 Å². The molecule has 98 valence electrons. The molecule has 1 unspecified atom stereocenters. The molecule has 2 rings (SSSR count). The molecule has 18 heavy (non-hydrogen) atoms. The fraction of sp³-hybridized carbons (Fsp3) is 0.500. The van der Waals surface area contributed by atoms with Gasteiger partial charge in [-0.05, 0) is 44.0 Å². The van der Waals surface area contributed by atoms with Crippen LogP contribution in [0.4, 0.5) is 0 Å². The molecule has 0 amide bonds. The highest BCUT2D eigenvalue weighted by molar-refractivity contribution is 6.31. The highest BCUT2D eigenvalue weighted by Crippen LogP contribution is 2.29. The van der Waals surface area contributed by atoms with Crippen LogP contribution in [-0.4, -0.2) is 26.0 Å². The Morgan fingerprint density at radius 1 is 1.50 bits per heavy atom. The summed E-state index contributed by atoms with van der Waals surface area (Å²) in [6.45, 7) is 3.64. The number of benzene rings is 1. The number of ketones is 1. The summed E-state index contributed by atoms with van der Waals surface area (Å²) in [5, 5.41) is 3.87. The molecule has 1 N–H and O–H groups in total. The molecule has 1 aromatic rings. The molecule has 1 atom stereocenters. The SMILES string of the molecule is COc1cc(C)c(Cl)cc1C(=O)C1CCCNC1. The minimum Gasteiger partial charge on any atom is -0.496 e. The molecule has 0 spiro atoms. The number of carbonyl (C=O) groups is 1. The molecular formula is C14H18ClNO2. The molecule has 1 heterocycles. The minimum absolute atomic E-state index is 0.0337. The summed E-state index contributed by atoms with van der Waals surface area (Å²) in [6.07, 6.45) is 1.97. The van der Waals surface area contributed by atoms with E-state index in [4.69, 9.17) is 16.3 Å². The quantitative estimate of drug-likeness (QED) is 0.856. The molecule has 3 nitrogen and oxygen atoms in total. The molecule has 1 fully saturated rings. The lowest BCUT2D eigenvalue weighted by atomic mass is 9.90. The van der Waals surface area contributed by atoms with E-state index in [0.717, 1.165) is 31.5 Å². The second-order valence-electron chi connectivity index (χ2n) is 4.71. The zero-order valence-corrected chi connectivity index (χ0v) is 11.5. The molecule has 0 aliphatic carbocycles. The maximum absolute atomic E-state index is 12.5. The third kappa shape index (κ3) is 2.68. The van der Waals surface area contributed by atoms with Crippen LogP contribution >= 0.6 is 11.6 Å². The van der Waals surface area contributed by atoms with Crippen LogP contribution < -0.4 is 10.1 Å². The fourth-order valence-electron chi connectivity index (χ4n) is 2.31. The predicted molar refractivity (Wildman–Crippen MR) is 72.7 cm³/mol. The van der Waals surface area contributed by atoms with Gasteiger partial charge in [-0.25, -0.2) is 0 Å². The Labute approximate surface area is 112 Å². The molecule has 0 radical (unpaired) electrons. The van der Waals surface area contributed by atoms with Crippen molar-refractivity contribution < 1.29 is 9.53 Å². The van der Waals surface area contributed by atoms with E-state index < -0.39 is 0 Å². The number of Topliss-reactive ketones (excluding diaryl/α,β-unsaturated/α-hetero) is 1. The van der Waals surface area contributed by atoms with Crippen molar-refractivity contribution in [2.24, 2.45) is 5.92 Å². The van der Waals surface area contributed by atoms with Crippen molar-refractivity contribution in [3.05, 3.63) is 28.3 Å². The molecule has 4 heteroatoms. The van der Waals surface area contributed by atoms with Gasteiger partial charge >= 0.3 is 0 Å². The first-order chi connectivity index (χ1) is 8.63. The summed E-state index contributed by atoms with van der Waals surface area (Å²) < 4.78 is 5.29. The van der Waals surface area contributed by atoms with Gasteiger partial charge in [0, 0.05) is 17.5 Å². The number of methoxy groups -OCH3 is 1. The monoisotopic (exact) mass is 267 g/mol. The maximum atomic E-state index is 12.5. The Morgan fingerprint density at radius 3 is 2.89 bits per heavy atom. The molecule has 0 saturated carbocycles. The number of carbonyl (C=O) groups excluding carboxylic acids is 1. The summed E-state index contributed by atoms with van der Waals surface area (Å²) >= 11 is 6.10. The van der Waals surface area contributed by atoms with Crippen LogP contribution in [-0.2, 0) is 0 Å². The largest absolute Gasteiger partial charge is 0.496 e. The topological polar surface area (TPSA) is 38.3 Å². The number of rotatable bonds is 3. The van der Waals surface area contributed by atoms with E-state index in [1.54, 1.807) is 13.2 Å². The van der Waals surface area contributed by atoms with Gasteiger partial charge in [0.05, 0.1) is 12.7 Å². The lowest BCUT2D eigenvalue weighted by Gasteiger charge is -2.22. The molecule has 1 aliphatic heterocycles. The fourth-order valence-corrected chi connectivity index (χ4v) is 2.48. The highest BCUT2D eigenvalue weighted by Gasteiger charge is 2.25. The lowest BCUT2D eigenvalue weighted by Crippen LogP contribution is -2.34. The molecule has 1 saturated heterocycles. The first-order valence-corrected chi connectivity index (χ1v) is 6.60. The van der Waals surface area contributed by atoms with Crippen molar-refractivity contribution >= 4 is 17.4 Å². The van der Waals surface area contributed by atoms with Crippen molar-refractivity contribution in [2.45, 2.75) is 19.8 Å². The van der Waals surface area contributed by atoms with Crippen LogP contribution in [0, 0.1) is 12.8 Å². The Bertz CT molecular complexity index is 453. The van der Waals surface area contributed by atoms with Crippen molar-refractivity contribution in [3.63, 3.8) is 0 Å². The number of hydrogen-bond acceptors (Lipinski definition) is 3. The van der Waals surface area contributed by atoms with Crippen LogP contribution in [0.2, 0.25) is 5.02 Å². The van der Waals surface area contributed by atoms with E-state index in [1.165, 1.54) is 0 Å². The van der Waals surface area contributed by atoms with Gasteiger partial charge in [0.2, 0.25) is 0 Å². The lowest BCUT2D eigenvalue weighted by molar-refractivity contribution is 0.0896. The van der Waals surface area contributed by atoms with Gasteiger partial charge in [0.15, 0.2) is 5.78 Å². The number of nitrogens with one attached hydrogen (secondary N) is 1. The van der Waals surface area contributed by atoms with Crippen LogP contribution in [0.3, 0.4) is 0 Å². The summed E-state index contributed by atoms with van der Waals surface area (Å²) in [5.74, 6) is 0.778. The third-order valence-corrected chi connectivity index (χ3v) is 3.82. The average molecular weight is 268 g/mol. The van der Waals surface area contributed by atoms with Gasteiger partial charge in [-0.15, -0.1) is 0 Å². The van der Waals surface area contributed by atoms with Crippen molar-refractivity contribution in [1.29, 1.82) is 0 Å². The standard InChI is InChI=1S/C14H18ClNO2/c1-9-6-13(18-2)11(7-12(9)15)14(17)10-4-3-5-16-8-10/h6-7,10,16H,3-5,8H2,1-2H3. The maximum Gasteiger partial charge on any atom is 0.170 e. The molecule has 1 aliphatic rings. The van der Waals surface area contributed by atoms with Gasteiger partial charge in [0.1, 0.15) is 5.75 Å². The first kappa shape index (κ1) is 13.4. The second kappa shape index (κ2) is 5.72. The van der Waals surface area contributed by atoms with Crippen LogP contribution in [0.25, 0.3) is 0 Å². The average Bonchev–Trinajstić information content (AvgIpc) is 2.41. The number of aryl methyl sites for hydroxylation is 1. The van der Waals surface area contributed by atoms with Crippen LogP contribution in [0.15, 0.2) is 12.1 Å². The normalized spacial score (nSPS) is 19.6. The van der Waals surface area contributed by atoms with Gasteiger partial charge in [0.25, 0.3) is 0 Å². The third-order valence-electron chi connectivity index (χ3n) is 3.41. The van der Waals surface area contributed by atoms with Crippen molar-refractivity contribution in [2.75, 3.05) is 20.2 Å². The van der Waals surface area contributed by atoms with E-state index >= 15 is 0 Å². The summed E-state index contributed by atoms with van der Waals surface area (Å²) in [6, 6.07) is 3.55. The summed E-state index contributed by atoms with van der Waals surface area (Å²) in [7, 11) is 1.58. The van der Waals surface area contributed by atoms with Gasteiger partial charge in [-0.2, -0.15) is 0 Å². The van der Waals surface area contributed by atoms with Gasteiger partial charge in [-0.3, -0.25) is 4.79 Å².